The highest BCUT2D eigenvalue weighted by Crippen LogP contribution is 2.18. The van der Waals surface area contributed by atoms with Crippen LogP contribution in [0.3, 0.4) is 0 Å². The van der Waals surface area contributed by atoms with Crippen molar-refractivity contribution in [2.24, 2.45) is 0 Å². The van der Waals surface area contributed by atoms with Crippen molar-refractivity contribution in [3.63, 3.8) is 0 Å². The van der Waals surface area contributed by atoms with Crippen molar-refractivity contribution in [1.29, 1.82) is 0 Å². The van der Waals surface area contributed by atoms with Crippen molar-refractivity contribution in [1.82, 2.24) is 0 Å². The lowest BCUT2D eigenvalue weighted by molar-refractivity contribution is -0.888. The number of hydrogen-bond donors (Lipinski definition) is 1. The summed E-state index contributed by atoms with van der Waals surface area (Å²) in [5.41, 5.74) is 0. The molecule has 0 saturated carbocycles. The van der Waals surface area contributed by atoms with Gasteiger partial charge in [0.2, 0.25) is 0 Å². The minimum Gasteiger partial charge on any atom is -1.00 e. The molecule has 0 bridgehead atoms. The van der Waals surface area contributed by atoms with Crippen LogP contribution in [0, 0.1) is 0 Å². The molecule has 0 radical (unpaired) electrons. The standard InChI is InChI=1S/C13H32NO4Si.ClH/c1-6-16-19(17-7-2,18-8-3)13-11-14(4,5)10-9-12-15;/h15H,6-13H2,1-5H3;1H/q+1;/p-1. The topological polar surface area (TPSA) is 47.9 Å². The fourth-order valence-corrected chi connectivity index (χ4v) is 4.93. The van der Waals surface area contributed by atoms with Crippen LogP contribution in [0.25, 0.3) is 0 Å². The summed E-state index contributed by atoms with van der Waals surface area (Å²) in [6.07, 6.45) is 0.819. The van der Waals surface area contributed by atoms with E-state index in [-0.39, 0.29) is 19.0 Å². The zero-order chi connectivity index (χ0) is 14.8. The first-order valence-electron chi connectivity index (χ1n) is 7.30. The van der Waals surface area contributed by atoms with E-state index in [2.05, 4.69) is 14.1 Å². The molecule has 0 spiro atoms. The summed E-state index contributed by atoms with van der Waals surface area (Å²) in [6, 6.07) is 0.820. The van der Waals surface area contributed by atoms with Crippen LogP contribution in [0.15, 0.2) is 0 Å². The molecule has 0 unspecified atom stereocenters. The summed E-state index contributed by atoms with van der Waals surface area (Å²) >= 11 is 0. The zero-order valence-electron chi connectivity index (χ0n) is 13.7. The van der Waals surface area contributed by atoms with Gasteiger partial charge in [0.05, 0.1) is 33.2 Å². The highest BCUT2D eigenvalue weighted by atomic mass is 35.5. The van der Waals surface area contributed by atoms with E-state index >= 15 is 0 Å². The Balaban J connectivity index is 0. The first-order chi connectivity index (χ1) is 8.95. The number of halogens is 1. The second-order valence-electron chi connectivity index (χ2n) is 5.19. The molecule has 0 aromatic rings. The van der Waals surface area contributed by atoms with E-state index in [1.165, 1.54) is 0 Å². The summed E-state index contributed by atoms with van der Waals surface area (Å²) < 4.78 is 18.4. The molecule has 20 heavy (non-hydrogen) atoms. The van der Waals surface area contributed by atoms with Gasteiger partial charge in [-0.05, 0) is 20.8 Å². The van der Waals surface area contributed by atoms with Gasteiger partial charge in [-0.1, -0.05) is 0 Å². The van der Waals surface area contributed by atoms with Crippen LogP contribution in [-0.2, 0) is 13.3 Å². The first-order valence-corrected chi connectivity index (χ1v) is 9.23. The number of nitrogens with zero attached hydrogens (tertiary/aromatic N) is 1. The monoisotopic (exact) mass is 329 g/mol. The van der Waals surface area contributed by atoms with Gasteiger partial charge in [0.1, 0.15) is 0 Å². The van der Waals surface area contributed by atoms with Gasteiger partial charge < -0.3 is 35.3 Å². The Bertz CT molecular complexity index is 215. The lowest BCUT2D eigenvalue weighted by Crippen LogP contribution is -3.00. The molecule has 0 saturated heterocycles. The van der Waals surface area contributed by atoms with E-state index in [0.29, 0.717) is 19.8 Å². The Morgan fingerprint density at radius 1 is 0.900 bits per heavy atom. The van der Waals surface area contributed by atoms with Crippen LogP contribution in [0.4, 0.5) is 0 Å². The van der Waals surface area contributed by atoms with Gasteiger partial charge in [-0.15, -0.1) is 0 Å². The van der Waals surface area contributed by atoms with Gasteiger partial charge >= 0.3 is 8.80 Å². The summed E-state index contributed by atoms with van der Waals surface area (Å²) in [5.74, 6) is 0. The van der Waals surface area contributed by atoms with Crippen molar-refractivity contribution in [2.45, 2.75) is 33.2 Å². The number of rotatable bonds is 12. The van der Waals surface area contributed by atoms with Crippen molar-refractivity contribution in [3.05, 3.63) is 0 Å². The molecule has 0 fully saturated rings. The van der Waals surface area contributed by atoms with E-state index in [1.807, 2.05) is 20.8 Å². The smallest absolute Gasteiger partial charge is 0.506 e. The largest absolute Gasteiger partial charge is 1.00 e. The molecule has 0 heterocycles. The molecule has 0 aromatic carbocycles. The van der Waals surface area contributed by atoms with E-state index in [9.17, 15) is 0 Å². The molecule has 7 heteroatoms. The van der Waals surface area contributed by atoms with Crippen LogP contribution in [0.1, 0.15) is 27.2 Å². The lowest BCUT2D eigenvalue weighted by Gasteiger charge is -2.34. The quantitative estimate of drug-likeness (QED) is 0.350. The third-order valence-corrected chi connectivity index (χ3v) is 6.06. The molecule has 0 aliphatic heterocycles. The molecule has 1 N–H and O–H groups in total. The Kier molecular flexibility index (Phi) is 13.5. The predicted octanol–water partition coefficient (Wildman–Crippen LogP) is -1.50. The van der Waals surface area contributed by atoms with Crippen LogP contribution in [0.2, 0.25) is 6.04 Å². The Hall–Kier alpha value is 0.307. The fourth-order valence-electron chi connectivity index (χ4n) is 2.05. The van der Waals surface area contributed by atoms with Gasteiger partial charge in [-0.25, -0.2) is 0 Å². The summed E-state index contributed by atoms with van der Waals surface area (Å²) in [7, 11) is 1.81. The molecule has 0 atom stereocenters. The minimum atomic E-state index is -2.52. The predicted molar refractivity (Wildman–Crippen MR) is 79.0 cm³/mol. The second kappa shape index (κ2) is 11.9. The van der Waals surface area contributed by atoms with Gasteiger partial charge in [0.25, 0.3) is 0 Å². The van der Waals surface area contributed by atoms with E-state index in [1.54, 1.807) is 0 Å². The van der Waals surface area contributed by atoms with Crippen LogP contribution in [-0.4, -0.2) is 72.0 Å². The normalized spacial score (nSPS) is 12.3. The van der Waals surface area contributed by atoms with Gasteiger partial charge in [-0.3, -0.25) is 0 Å². The van der Waals surface area contributed by atoms with Crippen molar-refractivity contribution in [2.75, 3.05) is 53.6 Å². The number of quaternary nitrogens is 1. The highest BCUT2D eigenvalue weighted by molar-refractivity contribution is 6.60. The van der Waals surface area contributed by atoms with Crippen molar-refractivity contribution < 1.29 is 35.3 Å². The molecule has 0 aromatic heterocycles. The molecule has 124 valence electrons. The third kappa shape index (κ3) is 9.28. The molecule has 0 aliphatic rings. The molecule has 0 rings (SSSR count). The highest BCUT2D eigenvalue weighted by Gasteiger charge is 2.42. The summed E-state index contributed by atoms with van der Waals surface area (Å²) in [5, 5.41) is 8.93. The molecule has 5 nitrogen and oxygen atoms in total. The maximum Gasteiger partial charge on any atom is 0.506 e. The van der Waals surface area contributed by atoms with Gasteiger partial charge in [0, 0.05) is 32.8 Å². The average molecular weight is 330 g/mol. The summed E-state index contributed by atoms with van der Waals surface area (Å²) in [4.78, 5) is 0. The maximum absolute atomic E-state index is 8.93. The zero-order valence-corrected chi connectivity index (χ0v) is 15.4. The SMILES string of the molecule is CCO[Si](CC[N+](C)(C)CCCO)(OCC)OCC.[Cl-]. The first kappa shape index (κ1) is 22.6. The molecule has 0 amide bonds. The number of aliphatic hydroxyl groups excluding tert-OH is 1. The number of aliphatic hydroxyl groups is 1. The average Bonchev–Trinajstić information content (AvgIpc) is 2.35. The van der Waals surface area contributed by atoms with Gasteiger partial charge in [0.15, 0.2) is 0 Å². The van der Waals surface area contributed by atoms with Crippen LogP contribution >= 0.6 is 0 Å². The van der Waals surface area contributed by atoms with Crippen molar-refractivity contribution >= 4 is 8.80 Å². The Morgan fingerprint density at radius 3 is 1.70 bits per heavy atom. The molecule has 0 aliphatic carbocycles. The fraction of sp³-hybridized carbons (Fsp3) is 1.00. The summed E-state index contributed by atoms with van der Waals surface area (Å²) in [6.45, 7) is 9.93. The maximum atomic E-state index is 8.93. The minimum absolute atomic E-state index is 0. The van der Waals surface area contributed by atoms with Crippen molar-refractivity contribution in [3.8, 4) is 0 Å². The molecular formula is C13H32ClNO4Si. The Labute approximate surface area is 131 Å². The lowest BCUT2D eigenvalue weighted by atomic mass is 10.3. The van der Waals surface area contributed by atoms with Crippen LogP contribution < -0.4 is 12.4 Å². The van der Waals surface area contributed by atoms with Gasteiger partial charge in [-0.2, -0.15) is 0 Å². The third-order valence-electron chi connectivity index (χ3n) is 3.04. The molecular weight excluding hydrogens is 298 g/mol. The Morgan fingerprint density at radius 2 is 1.35 bits per heavy atom. The van der Waals surface area contributed by atoms with E-state index in [0.717, 1.165) is 30.0 Å². The second-order valence-corrected chi connectivity index (χ2v) is 7.92. The van der Waals surface area contributed by atoms with Crippen LogP contribution in [0.5, 0.6) is 0 Å². The van der Waals surface area contributed by atoms with E-state index < -0.39 is 8.80 Å². The number of hydrogen-bond acceptors (Lipinski definition) is 4. The van der Waals surface area contributed by atoms with E-state index in [4.69, 9.17) is 18.4 Å².